The van der Waals surface area contributed by atoms with Crippen LogP contribution >= 0.6 is 0 Å². The molecule has 1 heterocycles. The average Bonchev–Trinajstić information content (AvgIpc) is 2.71. The van der Waals surface area contributed by atoms with Crippen LogP contribution in [-0.4, -0.2) is 29.8 Å². The van der Waals surface area contributed by atoms with Crippen LogP contribution in [0, 0.1) is 6.92 Å². The Kier molecular flexibility index (Phi) is 6.57. The number of hydrogen-bond donors (Lipinski definition) is 2. The van der Waals surface area contributed by atoms with Gasteiger partial charge in [0.25, 0.3) is 0 Å². The lowest BCUT2D eigenvalue weighted by Crippen LogP contribution is -2.16. The summed E-state index contributed by atoms with van der Waals surface area (Å²) in [6, 6.07) is 19.3. The van der Waals surface area contributed by atoms with E-state index in [1.54, 1.807) is 19.2 Å². The van der Waals surface area contributed by atoms with Crippen LogP contribution in [-0.2, 0) is 17.6 Å². The van der Waals surface area contributed by atoms with Gasteiger partial charge in [0.1, 0.15) is 11.6 Å². The molecule has 0 atom stereocenters. The van der Waals surface area contributed by atoms with Crippen molar-refractivity contribution in [3.63, 3.8) is 0 Å². The van der Waals surface area contributed by atoms with Crippen LogP contribution in [0.5, 0.6) is 5.75 Å². The van der Waals surface area contributed by atoms with Gasteiger partial charge in [0.2, 0.25) is 5.91 Å². The van der Waals surface area contributed by atoms with E-state index in [9.17, 15) is 4.79 Å². The quantitative estimate of drug-likeness (QED) is 0.628. The number of aryl methyl sites for hydroxylation is 1. The highest BCUT2D eigenvalue weighted by atomic mass is 16.5. The Balaban J connectivity index is 1.49. The molecule has 0 fully saturated rings. The van der Waals surface area contributed by atoms with Gasteiger partial charge in [-0.05, 0) is 48.2 Å². The van der Waals surface area contributed by atoms with E-state index in [4.69, 9.17) is 4.74 Å². The summed E-state index contributed by atoms with van der Waals surface area (Å²) in [5.74, 6) is 1.86. The van der Waals surface area contributed by atoms with Gasteiger partial charge in [0, 0.05) is 6.54 Å². The van der Waals surface area contributed by atoms with E-state index in [1.807, 2.05) is 55.5 Å². The van der Waals surface area contributed by atoms with Crippen LogP contribution in [0.2, 0.25) is 0 Å². The number of rotatable bonds is 8. The lowest BCUT2D eigenvalue weighted by molar-refractivity contribution is -0.115. The molecule has 1 aromatic heterocycles. The summed E-state index contributed by atoms with van der Waals surface area (Å²) in [7, 11) is 1.67. The van der Waals surface area contributed by atoms with Crippen LogP contribution in [0.15, 0.2) is 60.7 Å². The van der Waals surface area contributed by atoms with Crippen LogP contribution in [0.1, 0.15) is 16.7 Å². The van der Waals surface area contributed by atoms with Crippen molar-refractivity contribution in [2.75, 3.05) is 24.3 Å². The maximum Gasteiger partial charge on any atom is 0.230 e. The van der Waals surface area contributed by atoms with Crippen molar-refractivity contribution in [1.29, 1.82) is 0 Å². The van der Waals surface area contributed by atoms with Crippen LogP contribution in [0.25, 0.3) is 0 Å². The second kappa shape index (κ2) is 9.50. The summed E-state index contributed by atoms with van der Waals surface area (Å²) in [6.45, 7) is 2.70. The molecule has 0 bridgehead atoms. The van der Waals surface area contributed by atoms with Gasteiger partial charge in [-0.15, -0.1) is 10.2 Å². The molecule has 144 valence electrons. The molecule has 28 heavy (non-hydrogen) atoms. The monoisotopic (exact) mass is 376 g/mol. The zero-order valence-electron chi connectivity index (χ0n) is 16.1. The third-order valence-electron chi connectivity index (χ3n) is 4.44. The Morgan fingerprint density at radius 3 is 2.32 bits per heavy atom. The van der Waals surface area contributed by atoms with Crippen molar-refractivity contribution in [2.45, 2.75) is 19.8 Å². The Morgan fingerprint density at radius 2 is 1.61 bits per heavy atom. The molecule has 3 rings (SSSR count). The molecular weight excluding hydrogens is 352 g/mol. The fraction of sp³-hybridized carbons (Fsp3) is 0.227. The largest absolute Gasteiger partial charge is 0.496 e. The van der Waals surface area contributed by atoms with Crippen molar-refractivity contribution in [2.24, 2.45) is 0 Å². The molecule has 0 spiro atoms. The van der Waals surface area contributed by atoms with Crippen molar-refractivity contribution in [3.05, 3.63) is 77.4 Å². The van der Waals surface area contributed by atoms with E-state index in [1.165, 1.54) is 0 Å². The summed E-state index contributed by atoms with van der Waals surface area (Å²) >= 11 is 0. The summed E-state index contributed by atoms with van der Waals surface area (Å²) in [5, 5.41) is 14.2. The van der Waals surface area contributed by atoms with E-state index in [-0.39, 0.29) is 5.91 Å². The minimum atomic E-state index is -0.111. The van der Waals surface area contributed by atoms with E-state index in [0.717, 1.165) is 28.9 Å². The molecule has 0 saturated heterocycles. The number of para-hydroxylation sites is 1. The Bertz CT molecular complexity index is 926. The number of nitrogens with one attached hydrogen (secondary N) is 2. The van der Waals surface area contributed by atoms with E-state index < -0.39 is 0 Å². The smallest absolute Gasteiger partial charge is 0.230 e. The fourth-order valence-corrected chi connectivity index (χ4v) is 2.90. The van der Waals surface area contributed by atoms with Gasteiger partial charge in [0.15, 0.2) is 5.82 Å². The van der Waals surface area contributed by atoms with Gasteiger partial charge in [-0.1, -0.05) is 42.5 Å². The lowest BCUT2D eigenvalue weighted by atomic mass is 10.1. The SMILES string of the molecule is COc1ccccc1CCNc1ccc(NC(=O)Cc2ccccc2C)nn1. The molecule has 2 aromatic carbocycles. The van der Waals surface area contributed by atoms with Crippen molar-refractivity contribution >= 4 is 17.5 Å². The molecule has 0 aliphatic rings. The van der Waals surface area contributed by atoms with Gasteiger partial charge in [-0.2, -0.15) is 0 Å². The number of aromatic nitrogens is 2. The molecule has 0 unspecified atom stereocenters. The van der Waals surface area contributed by atoms with Crippen molar-refractivity contribution < 1.29 is 9.53 Å². The average molecular weight is 376 g/mol. The first kappa shape index (κ1) is 19.4. The second-order valence-electron chi connectivity index (χ2n) is 6.44. The standard InChI is InChI=1S/C22H24N4O2/c1-16-7-3-4-9-18(16)15-22(27)24-21-12-11-20(25-26-21)23-14-13-17-8-5-6-10-19(17)28-2/h3-12H,13-15H2,1-2H3,(H,23,25)(H,24,26,27). The number of hydrogen-bond acceptors (Lipinski definition) is 5. The number of benzene rings is 2. The normalized spacial score (nSPS) is 10.4. The Labute approximate surface area is 165 Å². The molecule has 0 aliphatic carbocycles. The van der Waals surface area contributed by atoms with Crippen LogP contribution in [0.3, 0.4) is 0 Å². The van der Waals surface area contributed by atoms with Crippen LogP contribution in [0.4, 0.5) is 11.6 Å². The van der Waals surface area contributed by atoms with Gasteiger partial charge >= 0.3 is 0 Å². The highest BCUT2D eigenvalue weighted by Crippen LogP contribution is 2.18. The number of anilines is 2. The zero-order chi connectivity index (χ0) is 19.8. The Hall–Kier alpha value is -3.41. The summed E-state index contributed by atoms with van der Waals surface area (Å²) in [4.78, 5) is 12.2. The maximum absolute atomic E-state index is 12.2. The second-order valence-corrected chi connectivity index (χ2v) is 6.44. The number of ether oxygens (including phenoxy) is 1. The predicted octanol–water partition coefficient (Wildman–Crippen LogP) is 3.63. The number of nitrogens with zero attached hydrogens (tertiary/aromatic N) is 2. The Morgan fingerprint density at radius 1 is 0.929 bits per heavy atom. The molecule has 0 radical (unpaired) electrons. The molecule has 0 aliphatic heterocycles. The summed E-state index contributed by atoms with van der Waals surface area (Å²) < 4.78 is 5.35. The van der Waals surface area contributed by atoms with Gasteiger partial charge < -0.3 is 15.4 Å². The molecule has 2 N–H and O–H groups in total. The van der Waals surface area contributed by atoms with Crippen LogP contribution < -0.4 is 15.4 Å². The summed E-state index contributed by atoms with van der Waals surface area (Å²) in [6.07, 6.45) is 1.12. The van der Waals surface area contributed by atoms with E-state index in [0.29, 0.717) is 24.6 Å². The third-order valence-corrected chi connectivity index (χ3v) is 4.44. The number of methoxy groups -OCH3 is 1. The first-order valence-electron chi connectivity index (χ1n) is 9.19. The third kappa shape index (κ3) is 5.30. The van der Waals surface area contributed by atoms with Gasteiger partial charge in [-0.3, -0.25) is 4.79 Å². The molecule has 0 saturated carbocycles. The highest BCUT2D eigenvalue weighted by molar-refractivity contribution is 5.91. The minimum Gasteiger partial charge on any atom is -0.496 e. The molecule has 6 nitrogen and oxygen atoms in total. The van der Waals surface area contributed by atoms with Crippen molar-refractivity contribution in [3.8, 4) is 5.75 Å². The molecular formula is C22H24N4O2. The topological polar surface area (TPSA) is 76.1 Å². The lowest BCUT2D eigenvalue weighted by Gasteiger charge is -2.10. The zero-order valence-corrected chi connectivity index (χ0v) is 16.1. The number of amides is 1. The van der Waals surface area contributed by atoms with E-state index >= 15 is 0 Å². The number of carbonyl (C=O) groups is 1. The van der Waals surface area contributed by atoms with E-state index in [2.05, 4.69) is 20.8 Å². The molecule has 3 aromatic rings. The minimum absolute atomic E-state index is 0.111. The first-order chi connectivity index (χ1) is 13.7. The summed E-state index contributed by atoms with van der Waals surface area (Å²) in [5.41, 5.74) is 3.23. The molecule has 6 heteroatoms. The maximum atomic E-state index is 12.2. The van der Waals surface area contributed by atoms with Crippen molar-refractivity contribution in [1.82, 2.24) is 10.2 Å². The van der Waals surface area contributed by atoms with Gasteiger partial charge in [-0.25, -0.2) is 0 Å². The predicted molar refractivity (Wildman–Crippen MR) is 111 cm³/mol. The molecule has 1 amide bonds. The first-order valence-corrected chi connectivity index (χ1v) is 9.19. The highest BCUT2D eigenvalue weighted by Gasteiger charge is 2.07. The fourth-order valence-electron chi connectivity index (χ4n) is 2.90. The number of carbonyl (C=O) groups excluding carboxylic acids is 1. The van der Waals surface area contributed by atoms with Gasteiger partial charge in [0.05, 0.1) is 13.5 Å².